The Bertz CT molecular complexity index is 573. The summed E-state index contributed by atoms with van der Waals surface area (Å²) in [6.07, 6.45) is 4.94. The SMILES string of the molecule is Cc1cc(NC(=O)N2CCOC[C@@H]2CC2CCOCC2)c(C)cn1. The van der Waals surface area contributed by atoms with Crippen LogP contribution in [0.25, 0.3) is 0 Å². The van der Waals surface area contributed by atoms with Crippen LogP contribution >= 0.6 is 0 Å². The van der Waals surface area contributed by atoms with Crippen molar-refractivity contribution < 1.29 is 14.3 Å². The molecule has 0 aliphatic carbocycles. The Balaban J connectivity index is 1.65. The van der Waals surface area contributed by atoms with Crippen molar-refractivity contribution in [2.24, 2.45) is 5.92 Å². The highest BCUT2D eigenvalue weighted by Gasteiger charge is 2.30. The molecule has 6 nitrogen and oxygen atoms in total. The number of morpholine rings is 1. The topological polar surface area (TPSA) is 63.7 Å². The summed E-state index contributed by atoms with van der Waals surface area (Å²) < 4.78 is 11.1. The predicted molar refractivity (Wildman–Crippen MR) is 92.2 cm³/mol. The number of carbonyl (C=O) groups excluding carboxylic acids is 1. The maximum atomic E-state index is 12.8. The number of pyridine rings is 1. The zero-order valence-electron chi connectivity index (χ0n) is 14.6. The van der Waals surface area contributed by atoms with Crippen molar-refractivity contribution in [1.82, 2.24) is 9.88 Å². The molecule has 2 amide bonds. The minimum Gasteiger partial charge on any atom is -0.381 e. The molecule has 2 aliphatic heterocycles. The van der Waals surface area contributed by atoms with Crippen LogP contribution in [0.4, 0.5) is 10.5 Å². The van der Waals surface area contributed by atoms with Gasteiger partial charge in [-0.15, -0.1) is 0 Å². The highest BCUT2D eigenvalue weighted by Crippen LogP contribution is 2.25. The minimum atomic E-state index is -0.0379. The van der Waals surface area contributed by atoms with Crippen LogP contribution in [0.3, 0.4) is 0 Å². The second-order valence-corrected chi connectivity index (χ2v) is 6.78. The summed E-state index contributed by atoms with van der Waals surface area (Å²) in [5.74, 6) is 0.616. The Morgan fingerprint density at radius 3 is 2.88 bits per heavy atom. The van der Waals surface area contributed by atoms with E-state index in [1.54, 1.807) is 6.20 Å². The van der Waals surface area contributed by atoms with Crippen molar-refractivity contribution in [1.29, 1.82) is 0 Å². The van der Waals surface area contributed by atoms with Crippen LogP contribution in [0.15, 0.2) is 12.3 Å². The molecular weight excluding hydrogens is 306 g/mol. The van der Waals surface area contributed by atoms with Crippen LogP contribution in [0.2, 0.25) is 0 Å². The largest absolute Gasteiger partial charge is 0.381 e. The van der Waals surface area contributed by atoms with E-state index in [0.717, 1.165) is 49.4 Å². The van der Waals surface area contributed by atoms with Gasteiger partial charge in [0.2, 0.25) is 0 Å². The van der Waals surface area contributed by atoms with Crippen molar-refractivity contribution >= 4 is 11.7 Å². The number of rotatable bonds is 3. The Kier molecular flexibility index (Phi) is 5.68. The number of urea groups is 1. The number of anilines is 1. The Labute approximate surface area is 143 Å². The number of amides is 2. The lowest BCUT2D eigenvalue weighted by molar-refractivity contribution is -0.00505. The fourth-order valence-corrected chi connectivity index (χ4v) is 3.43. The molecule has 0 saturated carbocycles. The molecule has 0 spiro atoms. The molecule has 0 radical (unpaired) electrons. The number of hydrogen-bond donors (Lipinski definition) is 1. The van der Waals surface area contributed by atoms with Gasteiger partial charge in [0, 0.05) is 37.3 Å². The van der Waals surface area contributed by atoms with Gasteiger partial charge in [-0.1, -0.05) is 0 Å². The first-order valence-electron chi connectivity index (χ1n) is 8.80. The molecule has 132 valence electrons. The van der Waals surface area contributed by atoms with Crippen LogP contribution < -0.4 is 5.32 Å². The molecule has 2 saturated heterocycles. The molecule has 0 bridgehead atoms. The molecule has 0 aromatic carbocycles. The van der Waals surface area contributed by atoms with Crippen molar-refractivity contribution in [2.45, 2.75) is 39.2 Å². The molecule has 24 heavy (non-hydrogen) atoms. The van der Waals surface area contributed by atoms with E-state index in [2.05, 4.69) is 10.3 Å². The van der Waals surface area contributed by atoms with Crippen LogP contribution in [0.1, 0.15) is 30.5 Å². The first-order valence-corrected chi connectivity index (χ1v) is 8.80. The number of carbonyl (C=O) groups is 1. The van der Waals surface area contributed by atoms with Gasteiger partial charge in [-0.3, -0.25) is 4.98 Å². The third-order valence-electron chi connectivity index (χ3n) is 4.92. The fraction of sp³-hybridized carbons (Fsp3) is 0.667. The smallest absolute Gasteiger partial charge is 0.322 e. The van der Waals surface area contributed by atoms with Gasteiger partial charge in [0.1, 0.15) is 0 Å². The van der Waals surface area contributed by atoms with Crippen LogP contribution in [0, 0.1) is 19.8 Å². The lowest BCUT2D eigenvalue weighted by Crippen LogP contribution is -2.51. The summed E-state index contributed by atoms with van der Waals surface area (Å²) in [6, 6.07) is 2.02. The highest BCUT2D eigenvalue weighted by molar-refractivity contribution is 5.90. The lowest BCUT2D eigenvalue weighted by Gasteiger charge is -2.38. The van der Waals surface area contributed by atoms with Gasteiger partial charge in [0.15, 0.2) is 0 Å². The summed E-state index contributed by atoms with van der Waals surface area (Å²) in [6.45, 7) is 7.42. The summed E-state index contributed by atoms with van der Waals surface area (Å²) in [7, 11) is 0. The van der Waals surface area contributed by atoms with E-state index in [9.17, 15) is 4.79 Å². The average Bonchev–Trinajstić information content (AvgIpc) is 2.59. The van der Waals surface area contributed by atoms with Crippen LogP contribution in [-0.4, -0.2) is 54.9 Å². The number of nitrogens with zero attached hydrogens (tertiary/aromatic N) is 2. The fourth-order valence-electron chi connectivity index (χ4n) is 3.43. The van der Waals surface area contributed by atoms with E-state index in [0.29, 0.717) is 25.7 Å². The maximum Gasteiger partial charge on any atom is 0.322 e. The van der Waals surface area contributed by atoms with E-state index < -0.39 is 0 Å². The number of hydrogen-bond acceptors (Lipinski definition) is 4. The molecule has 3 heterocycles. The summed E-state index contributed by atoms with van der Waals surface area (Å²) in [4.78, 5) is 19.0. The second kappa shape index (κ2) is 7.94. The number of nitrogens with one attached hydrogen (secondary N) is 1. The molecule has 3 rings (SSSR count). The van der Waals surface area contributed by atoms with Crippen molar-refractivity contribution in [3.05, 3.63) is 23.5 Å². The molecule has 1 aromatic rings. The summed E-state index contributed by atoms with van der Waals surface area (Å²) >= 11 is 0. The van der Waals surface area contributed by atoms with Gasteiger partial charge in [-0.2, -0.15) is 0 Å². The average molecular weight is 333 g/mol. The van der Waals surface area contributed by atoms with E-state index in [1.807, 2.05) is 24.8 Å². The Morgan fingerprint density at radius 2 is 2.08 bits per heavy atom. The van der Waals surface area contributed by atoms with E-state index in [-0.39, 0.29) is 12.1 Å². The van der Waals surface area contributed by atoms with Crippen molar-refractivity contribution in [3.8, 4) is 0 Å². The van der Waals surface area contributed by atoms with Gasteiger partial charge in [-0.25, -0.2) is 4.79 Å². The molecule has 1 atom stereocenters. The monoisotopic (exact) mass is 333 g/mol. The first-order chi connectivity index (χ1) is 11.6. The van der Waals surface area contributed by atoms with E-state index >= 15 is 0 Å². The third kappa shape index (κ3) is 4.24. The Hall–Kier alpha value is -1.66. The maximum absolute atomic E-state index is 12.8. The minimum absolute atomic E-state index is 0.0379. The third-order valence-corrected chi connectivity index (χ3v) is 4.92. The van der Waals surface area contributed by atoms with Crippen LogP contribution in [-0.2, 0) is 9.47 Å². The van der Waals surface area contributed by atoms with Gasteiger partial charge in [0.05, 0.1) is 19.3 Å². The molecule has 6 heteroatoms. The second-order valence-electron chi connectivity index (χ2n) is 6.78. The zero-order chi connectivity index (χ0) is 16.9. The number of ether oxygens (including phenoxy) is 2. The van der Waals surface area contributed by atoms with Crippen molar-refractivity contribution in [3.63, 3.8) is 0 Å². The van der Waals surface area contributed by atoms with E-state index in [1.165, 1.54) is 0 Å². The zero-order valence-corrected chi connectivity index (χ0v) is 14.6. The predicted octanol–water partition coefficient (Wildman–Crippen LogP) is 2.75. The summed E-state index contributed by atoms with van der Waals surface area (Å²) in [5, 5.41) is 3.05. The molecule has 1 N–H and O–H groups in total. The van der Waals surface area contributed by atoms with Crippen molar-refractivity contribution in [2.75, 3.05) is 38.3 Å². The quantitative estimate of drug-likeness (QED) is 0.924. The van der Waals surface area contributed by atoms with E-state index in [4.69, 9.17) is 9.47 Å². The van der Waals surface area contributed by atoms with Gasteiger partial charge < -0.3 is 19.7 Å². The first kappa shape index (κ1) is 17.2. The van der Waals surface area contributed by atoms with Gasteiger partial charge in [-0.05, 0) is 50.7 Å². The standard InChI is InChI=1S/C18H27N3O3/c1-13-11-19-14(2)9-17(13)20-18(22)21-5-8-24-12-16(21)10-15-3-6-23-7-4-15/h9,11,15-16H,3-8,10,12H2,1-2H3,(H,19,20,22)/t16-/m0/s1. The lowest BCUT2D eigenvalue weighted by atomic mass is 9.92. The molecule has 2 fully saturated rings. The normalized spacial score (nSPS) is 22.4. The molecule has 1 aromatic heterocycles. The highest BCUT2D eigenvalue weighted by atomic mass is 16.5. The Morgan fingerprint density at radius 1 is 1.29 bits per heavy atom. The molecule has 2 aliphatic rings. The van der Waals surface area contributed by atoms with Crippen LogP contribution in [0.5, 0.6) is 0 Å². The van der Waals surface area contributed by atoms with Gasteiger partial charge in [0.25, 0.3) is 0 Å². The number of aryl methyl sites for hydroxylation is 2. The number of aromatic nitrogens is 1. The van der Waals surface area contributed by atoms with Gasteiger partial charge >= 0.3 is 6.03 Å². The summed E-state index contributed by atoms with van der Waals surface area (Å²) in [5.41, 5.74) is 2.71. The molecular formula is C18H27N3O3. The molecule has 0 unspecified atom stereocenters.